The lowest BCUT2D eigenvalue weighted by molar-refractivity contribution is -0.121. The molecule has 0 bridgehead atoms. The van der Waals surface area contributed by atoms with Crippen molar-refractivity contribution in [1.29, 1.82) is 0 Å². The molecule has 0 aliphatic carbocycles. The van der Waals surface area contributed by atoms with Gasteiger partial charge in [0.05, 0.1) is 23.3 Å². The summed E-state index contributed by atoms with van der Waals surface area (Å²) >= 11 is 0. The van der Waals surface area contributed by atoms with Crippen LogP contribution in [0.3, 0.4) is 0 Å². The number of H-pyrrole nitrogens is 1. The molecule has 0 spiro atoms. The number of amides is 1. The van der Waals surface area contributed by atoms with Crippen molar-refractivity contribution in [3.63, 3.8) is 0 Å². The van der Waals surface area contributed by atoms with Crippen LogP contribution in [0.1, 0.15) is 18.4 Å². The first-order valence-corrected chi connectivity index (χ1v) is 9.39. The normalized spacial score (nSPS) is 19.8. The van der Waals surface area contributed by atoms with E-state index >= 15 is 0 Å². The fourth-order valence-electron chi connectivity index (χ4n) is 2.77. The monoisotopic (exact) mass is 347 g/mol. The van der Waals surface area contributed by atoms with Crippen LogP contribution in [0.25, 0.3) is 10.9 Å². The summed E-state index contributed by atoms with van der Waals surface area (Å²) in [6.45, 7) is 0. The molecule has 0 saturated carbocycles. The number of carbonyl (C=O) groups is 1. The van der Waals surface area contributed by atoms with Gasteiger partial charge in [0.2, 0.25) is 5.91 Å². The summed E-state index contributed by atoms with van der Waals surface area (Å²) in [6, 6.07) is 9.04. The molecule has 1 atom stereocenters. The van der Waals surface area contributed by atoms with Gasteiger partial charge >= 0.3 is 0 Å². The predicted molar refractivity (Wildman–Crippen MR) is 91.7 cm³/mol. The maximum Gasteiger partial charge on any atom is 0.257 e. The van der Waals surface area contributed by atoms with E-state index in [0.29, 0.717) is 12.0 Å². The van der Waals surface area contributed by atoms with Gasteiger partial charge in [-0.05, 0) is 29.9 Å². The molecule has 3 rings (SSSR count). The van der Waals surface area contributed by atoms with Gasteiger partial charge in [-0.15, -0.1) is 0 Å². The molecule has 0 unspecified atom stereocenters. The van der Waals surface area contributed by atoms with Crippen molar-refractivity contribution in [3.8, 4) is 0 Å². The Bertz CT molecular complexity index is 963. The van der Waals surface area contributed by atoms with Crippen molar-refractivity contribution >= 4 is 32.9 Å². The number of hydrogen-bond acceptors (Lipinski definition) is 5. The SMILES string of the molecule is O=C(C[C@@H]1CCS(=O)(=O)C1)N/N=C/c1cc2ccccc2[nH]c1=O. The number of para-hydroxylation sites is 1. The minimum atomic E-state index is -2.99. The molecule has 24 heavy (non-hydrogen) atoms. The third-order valence-electron chi connectivity index (χ3n) is 3.98. The number of nitrogens with zero attached hydrogens (tertiary/aromatic N) is 1. The van der Waals surface area contributed by atoms with Crippen molar-refractivity contribution in [2.75, 3.05) is 11.5 Å². The number of pyridine rings is 1. The van der Waals surface area contributed by atoms with E-state index in [4.69, 9.17) is 0 Å². The smallest absolute Gasteiger partial charge is 0.257 e. The lowest BCUT2D eigenvalue weighted by atomic mass is 10.1. The molecule has 1 aromatic heterocycles. The van der Waals surface area contributed by atoms with Crippen LogP contribution in [0, 0.1) is 5.92 Å². The number of hydrogen-bond donors (Lipinski definition) is 2. The lowest BCUT2D eigenvalue weighted by Gasteiger charge is -2.05. The Morgan fingerprint density at radius 3 is 2.92 bits per heavy atom. The van der Waals surface area contributed by atoms with Gasteiger partial charge in [-0.25, -0.2) is 13.8 Å². The summed E-state index contributed by atoms with van der Waals surface area (Å²) in [4.78, 5) is 26.5. The van der Waals surface area contributed by atoms with Crippen molar-refractivity contribution in [3.05, 3.63) is 46.2 Å². The molecule has 1 aliphatic heterocycles. The first-order valence-electron chi connectivity index (χ1n) is 7.57. The van der Waals surface area contributed by atoms with Gasteiger partial charge in [0.25, 0.3) is 5.56 Å². The van der Waals surface area contributed by atoms with Crippen LogP contribution in [-0.4, -0.2) is 37.0 Å². The van der Waals surface area contributed by atoms with Crippen LogP contribution in [-0.2, 0) is 14.6 Å². The molecule has 1 amide bonds. The fraction of sp³-hybridized carbons (Fsp3) is 0.312. The highest BCUT2D eigenvalue weighted by molar-refractivity contribution is 7.91. The molecule has 2 N–H and O–H groups in total. The molecule has 1 fully saturated rings. The van der Waals surface area contributed by atoms with Crippen LogP contribution in [0.15, 0.2) is 40.2 Å². The van der Waals surface area contributed by atoms with Crippen molar-refractivity contribution in [2.45, 2.75) is 12.8 Å². The van der Waals surface area contributed by atoms with Gasteiger partial charge in [0.1, 0.15) is 0 Å². The van der Waals surface area contributed by atoms with Crippen LogP contribution in [0.4, 0.5) is 0 Å². The average Bonchev–Trinajstić information content (AvgIpc) is 2.86. The van der Waals surface area contributed by atoms with Crippen molar-refractivity contribution in [2.24, 2.45) is 11.0 Å². The van der Waals surface area contributed by atoms with Gasteiger partial charge < -0.3 is 4.98 Å². The first kappa shape index (κ1) is 16.4. The number of sulfone groups is 1. The topological polar surface area (TPSA) is 108 Å². The molecule has 7 nitrogen and oxygen atoms in total. The maximum absolute atomic E-state index is 11.9. The second kappa shape index (κ2) is 6.56. The second-order valence-corrected chi connectivity index (χ2v) is 8.14. The van der Waals surface area contributed by atoms with Crippen molar-refractivity contribution < 1.29 is 13.2 Å². The molecule has 1 aliphatic rings. The van der Waals surface area contributed by atoms with E-state index in [9.17, 15) is 18.0 Å². The number of benzene rings is 1. The molecule has 0 radical (unpaired) electrons. The summed E-state index contributed by atoms with van der Waals surface area (Å²) in [6.07, 6.45) is 1.91. The van der Waals surface area contributed by atoms with E-state index in [1.165, 1.54) is 6.21 Å². The van der Waals surface area contributed by atoms with E-state index in [2.05, 4.69) is 15.5 Å². The zero-order chi connectivity index (χ0) is 17.2. The van der Waals surface area contributed by atoms with Gasteiger partial charge in [0, 0.05) is 11.9 Å². The van der Waals surface area contributed by atoms with Crippen LogP contribution in [0.2, 0.25) is 0 Å². The molecule has 1 aromatic carbocycles. The predicted octanol–water partition coefficient (Wildman–Crippen LogP) is 0.803. The summed E-state index contributed by atoms with van der Waals surface area (Å²) in [7, 11) is -2.99. The number of aromatic amines is 1. The Kier molecular flexibility index (Phi) is 4.48. The first-order chi connectivity index (χ1) is 11.4. The largest absolute Gasteiger partial charge is 0.321 e. The lowest BCUT2D eigenvalue weighted by Crippen LogP contribution is -2.22. The summed E-state index contributed by atoms with van der Waals surface area (Å²) in [5.74, 6) is -0.324. The number of hydrazone groups is 1. The third kappa shape index (κ3) is 3.88. The number of fused-ring (bicyclic) bond motifs is 1. The average molecular weight is 347 g/mol. The van der Waals surface area contributed by atoms with Gasteiger partial charge in [-0.3, -0.25) is 9.59 Å². The second-order valence-electron chi connectivity index (χ2n) is 5.91. The minimum absolute atomic E-state index is 0.0501. The van der Waals surface area contributed by atoms with Gasteiger partial charge in [-0.2, -0.15) is 5.10 Å². The van der Waals surface area contributed by atoms with Gasteiger partial charge in [0.15, 0.2) is 9.84 Å². The Morgan fingerprint density at radius 2 is 2.17 bits per heavy atom. The zero-order valence-corrected chi connectivity index (χ0v) is 13.7. The number of aromatic nitrogens is 1. The molecular weight excluding hydrogens is 330 g/mol. The van der Waals surface area contributed by atoms with Crippen LogP contribution in [0.5, 0.6) is 0 Å². The van der Waals surface area contributed by atoms with E-state index < -0.39 is 9.84 Å². The highest BCUT2D eigenvalue weighted by Crippen LogP contribution is 2.21. The Morgan fingerprint density at radius 1 is 1.38 bits per heavy atom. The molecule has 126 valence electrons. The number of nitrogens with one attached hydrogen (secondary N) is 2. The maximum atomic E-state index is 11.9. The summed E-state index contributed by atoms with van der Waals surface area (Å²) in [5, 5.41) is 4.66. The Balaban J connectivity index is 1.63. The molecule has 2 heterocycles. The standard InChI is InChI=1S/C16H17N3O4S/c20-15(7-11-5-6-24(22,23)10-11)19-17-9-13-8-12-3-1-2-4-14(12)18-16(13)21/h1-4,8-9,11H,5-7,10H2,(H,18,21)(H,19,20)/b17-9+/t11-/m0/s1. The number of rotatable bonds is 4. The molecule has 8 heteroatoms. The van der Waals surface area contributed by atoms with E-state index in [1.807, 2.05) is 18.2 Å². The molecule has 2 aromatic rings. The highest BCUT2D eigenvalue weighted by atomic mass is 32.2. The molecule has 1 saturated heterocycles. The zero-order valence-electron chi connectivity index (χ0n) is 12.9. The molecular formula is C16H17N3O4S. The van der Waals surface area contributed by atoms with E-state index in [-0.39, 0.29) is 35.3 Å². The van der Waals surface area contributed by atoms with Crippen LogP contribution >= 0.6 is 0 Å². The summed E-state index contributed by atoms with van der Waals surface area (Å²) < 4.78 is 22.7. The minimum Gasteiger partial charge on any atom is -0.321 e. The van der Waals surface area contributed by atoms with E-state index in [0.717, 1.165) is 10.9 Å². The van der Waals surface area contributed by atoms with Crippen LogP contribution < -0.4 is 11.0 Å². The third-order valence-corrected chi connectivity index (χ3v) is 5.81. The fourth-order valence-corrected chi connectivity index (χ4v) is 4.64. The highest BCUT2D eigenvalue weighted by Gasteiger charge is 2.29. The van der Waals surface area contributed by atoms with Crippen molar-refractivity contribution in [1.82, 2.24) is 10.4 Å². The van der Waals surface area contributed by atoms with E-state index in [1.54, 1.807) is 12.1 Å². The Hall–Kier alpha value is -2.48. The Labute approximate surface area is 138 Å². The quantitative estimate of drug-likeness (QED) is 0.630. The number of carbonyl (C=O) groups excluding carboxylic acids is 1. The van der Waals surface area contributed by atoms with Gasteiger partial charge in [-0.1, -0.05) is 18.2 Å². The summed E-state index contributed by atoms with van der Waals surface area (Å²) in [5.41, 5.74) is 3.10.